The first-order valence-electron chi connectivity index (χ1n) is 13.6. The van der Waals surface area contributed by atoms with Crippen molar-refractivity contribution in [2.75, 3.05) is 76.3 Å². The molecule has 1 atom stereocenters. The molecule has 10 nitrogen and oxygen atoms in total. The minimum Gasteiger partial charge on any atom is -0.485 e. The highest BCUT2D eigenvalue weighted by atomic mass is 16.5. The first-order valence-corrected chi connectivity index (χ1v) is 13.6. The van der Waals surface area contributed by atoms with E-state index in [2.05, 4.69) is 50.8 Å². The molecular formula is C28H37N7O3. The highest BCUT2D eigenvalue weighted by molar-refractivity contribution is 5.87. The van der Waals surface area contributed by atoms with Crippen LogP contribution >= 0.6 is 0 Å². The van der Waals surface area contributed by atoms with Gasteiger partial charge in [0.2, 0.25) is 5.91 Å². The van der Waals surface area contributed by atoms with Gasteiger partial charge in [0, 0.05) is 63.7 Å². The van der Waals surface area contributed by atoms with E-state index in [4.69, 9.17) is 14.5 Å². The lowest BCUT2D eigenvalue weighted by Gasteiger charge is -2.44. The number of carbonyl (C=O) groups excluding carboxylic acids is 1. The number of amides is 1. The van der Waals surface area contributed by atoms with Gasteiger partial charge < -0.3 is 24.6 Å². The molecule has 38 heavy (non-hydrogen) atoms. The number of hydrogen-bond acceptors (Lipinski definition) is 9. The number of aromatic nitrogens is 2. The van der Waals surface area contributed by atoms with Crippen molar-refractivity contribution in [1.82, 2.24) is 24.7 Å². The fourth-order valence-electron chi connectivity index (χ4n) is 6.03. The van der Waals surface area contributed by atoms with Gasteiger partial charge in [0.05, 0.1) is 41.9 Å². The van der Waals surface area contributed by atoms with E-state index in [1.54, 1.807) is 0 Å². The van der Waals surface area contributed by atoms with Gasteiger partial charge in [0.15, 0.2) is 5.75 Å². The summed E-state index contributed by atoms with van der Waals surface area (Å²) in [6, 6.07) is 4.84. The summed E-state index contributed by atoms with van der Waals surface area (Å²) >= 11 is 0. The molecule has 4 aliphatic heterocycles. The number of rotatable bonds is 4. The summed E-state index contributed by atoms with van der Waals surface area (Å²) in [5, 5.41) is 3.59. The molecule has 6 rings (SSSR count). The molecular weight excluding hydrogens is 482 g/mol. The summed E-state index contributed by atoms with van der Waals surface area (Å²) in [7, 11) is 2.18. The average Bonchev–Trinajstić information content (AvgIpc) is 3.22. The van der Waals surface area contributed by atoms with Gasteiger partial charge in [-0.1, -0.05) is 6.58 Å². The van der Waals surface area contributed by atoms with Crippen LogP contribution in [-0.2, 0) is 16.1 Å². The normalized spacial score (nSPS) is 22.7. The van der Waals surface area contributed by atoms with Gasteiger partial charge >= 0.3 is 0 Å². The molecule has 3 saturated heterocycles. The largest absolute Gasteiger partial charge is 0.485 e. The Balaban J connectivity index is 1.21. The fraction of sp³-hybridized carbons (Fsp3) is 0.536. The third kappa shape index (κ3) is 4.72. The standard InChI is InChI=1S/C28H37N7O3/c1-4-26(36)35-16-20(17-35)33-8-6-25(32(3)9-10-33)22-15-23-27(19(2)30-22)38-18-21-24(5-7-29-28(21)31-23)34-11-13-37-14-12-34/h4-5,7,15,20,25H,1,6,8-14,16-18H2,2-3H3,(H,29,31)/t25-/m1/s1. The summed E-state index contributed by atoms with van der Waals surface area (Å²) in [6.07, 6.45) is 4.25. The molecule has 202 valence electrons. The van der Waals surface area contributed by atoms with Crippen molar-refractivity contribution >= 4 is 23.1 Å². The van der Waals surface area contributed by atoms with Crippen molar-refractivity contribution in [1.29, 1.82) is 0 Å². The van der Waals surface area contributed by atoms with E-state index >= 15 is 0 Å². The number of carbonyl (C=O) groups is 1. The molecule has 0 aromatic carbocycles. The smallest absolute Gasteiger partial charge is 0.246 e. The van der Waals surface area contributed by atoms with Crippen LogP contribution in [0.15, 0.2) is 31.0 Å². The van der Waals surface area contributed by atoms with Crippen LogP contribution < -0.4 is 15.0 Å². The third-order valence-corrected chi connectivity index (χ3v) is 8.33. The number of ether oxygens (including phenoxy) is 2. The average molecular weight is 520 g/mol. The van der Waals surface area contributed by atoms with Gasteiger partial charge in [-0.05, 0) is 38.6 Å². The Labute approximate surface area is 224 Å². The minimum atomic E-state index is 0.0265. The zero-order chi connectivity index (χ0) is 26.2. The molecule has 0 aliphatic carbocycles. The van der Waals surface area contributed by atoms with E-state index in [-0.39, 0.29) is 11.9 Å². The topological polar surface area (TPSA) is 86.3 Å². The molecule has 4 aliphatic rings. The van der Waals surface area contributed by atoms with Gasteiger partial charge in [0.1, 0.15) is 12.4 Å². The molecule has 2 aromatic heterocycles. The first kappa shape index (κ1) is 25.1. The van der Waals surface area contributed by atoms with Crippen LogP contribution in [0.2, 0.25) is 0 Å². The second-order valence-corrected chi connectivity index (χ2v) is 10.6. The lowest BCUT2D eigenvalue weighted by atomic mass is 10.0. The number of pyridine rings is 2. The van der Waals surface area contributed by atoms with Gasteiger partial charge in [-0.15, -0.1) is 0 Å². The third-order valence-electron chi connectivity index (χ3n) is 8.33. The Morgan fingerprint density at radius 2 is 2.00 bits per heavy atom. The van der Waals surface area contributed by atoms with E-state index in [1.807, 2.05) is 18.0 Å². The second kappa shape index (κ2) is 10.5. The molecule has 0 spiro atoms. The Morgan fingerprint density at radius 1 is 1.18 bits per heavy atom. The van der Waals surface area contributed by atoms with Gasteiger partial charge in [0.25, 0.3) is 0 Å². The maximum absolute atomic E-state index is 11.9. The predicted octanol–water partition coefficient (Wildman–Crippen LogP) is 2.33. The van der Waals surface area contributed by atoms with Gasteiger partial charge in [-0.25, -0.2) is 4.98 Å². The summed E-state index contributed by atoms with van der Waals surface area (Å²) in [5.74, 6) is 1.66. The van der Waals surface area contributed by atoms with Gasteiger partial charge in [-0.3, -0.25) is 19.6 Å². The van der Waals surface area contributed by atoms with Crippen molar-refractivity contribution in [3.8, 4) is 5.75 Å². The monoisotopic (exact) mass is 519 g/mol. The number of aryl methyl sites for hydroxylation is 1. The number of likely N-dealkylation sites (N-methyl/N-ethyl adjacent to an activating group) is 1. The lowest BCUT2D eigenvalue weighted by Crippen LogP contribution is -2.61. The minimum absolute atomic E-state index is 0.0265. The molecule has 1 amide bonds. The lowest BCUT2D eigenvalue weighted by molar-refractivity contribution is -0.133. The number of morpholine rings is 1. The molecule has 0 radical (unpaired) electrons. The highest BCUT2D eigenvalue weighted by Crippen LogP contribution is 2.40. The Bertz CT molecular complexity index is 1210. The number of anilines is 3. The van der Waals surface area contributed by atoms with Crippen molar-refractivity contribution in [3.63, 3.8) is 0 Å². The summed E-state index contributed by atoms with van der Waals surface area (Å²) < 4.78 is 11.9. The van der Waals surface area contributed by atoms with Crippen molar-refractivity contribution in [2.24, 2.45) is 0 Å². The molecule has 3 fully saturated rings. The fourth-order valence-corrected chi connectivity index (χ4v) is 6.03. The van der Waals surface area contributed by atoms with Crippen LogP contribution in [0, 0.1) is 6.92 Å². The Kier molecular flexibility index (Phi) is 6.94. The van der Waals surface area contributed by atoms with Crippen molar-refractivity contribution in [2.45, 2.75) is 32.0 Å². The van der Waals surface area contributed by atoms with Crippen LogP contribution in [0.5, 0.6) is 5.75 Å². The Morgan fingerprint density at radius 3 is 2.79 bits per heavy atom. The summed E-state index contributed by atoms with van der Waals surface area (Å²) in [4.78, 5) is 30.7. The van der Waals surface area contributed by atoms with E-state index < -0.39 is 0 Å². The molecule has 0 unspecified atom stereocenters. The number of hydrogen-bond donors (Lipinski definition) is 1. The molecule has 1 N–H and O–H groups in total. The maximum atomic E-state index is 11.9. The van der Waals surface area contributed by atoms with Crippen molar-refractivity contribution in [3.05, 3.63) is 47.9 Å². The molecule has 0 saturated carbocycles. The molecule has 10 heteroatoms. The Hall–Kier alpha value is -3.21. The number of likely N-dealkylation sites (tertiary alicyclic amines) is 1. The van der Waals surface area contributed by atoms with Crippen molar-refractivity contribution < 1.29 is 14.3 Å². The SMILES string of the molecule is C=CC(=O)N1CC(N2CC[C@H](c3cc4c(c(C)n3)OCc3c(N5CCOCC5)ccnc3N4)N(C)CC2)C1. The highest BCUT2D eigenvalue weighted by Gasteiger charge is 2.36. The number of nitrogens with zero attached hydrogens (tertiary/aromatic N) is 6. The summed E-state index contributed by atoms with van der Waals surface area (Å²) in [6.45, 7) is 13.8. The van der Waals surface area contributed by atoms with E-state index in [9.17, 15) is 4.79 Å². The molecule has 6 heterocycles. The van der Waals surface area contributed by atoms with Gasteiger partial charge in [-0.2, -0.15) is 0 Å². The first-order chi connectivity index (χ1) is 18.5. The van der Waals surface area contributed by atoms with Crippen LogP contribution in [0.1, 0.15) is 29.4 Å². The zero-order valence-electron chi connectivity index (χ0n) is 22.4. The van der Waals surface area contributed by atoms with Crippen LogP contribution in [0.4, 0.5) is 17.2 Å². The van der Waals surface area contributed by atoms with Crippen LogP contribution in [0.3, 0.4) is 0 Å². The number of fused-ring (bicyclic) bond motifs is 2. The molecule has 0 bridgehead atoms. The zero-order valence-corrected chi connectivity index (χ0v) is 22.4. The summed E-state index contributed by atoms with van der Waals surface area (Å²) in [5.41, 5.74) is 5.07. The van der Waals surface area contributed by atoms with Crippen LogP contribution in [-0.4, -0.2) is 103 Å². The van der Waals surface area contributed by atoms with E-state index in [1.165, 1.54) is 6.08 Å². The number of nitrogens with one attached hydrogen (secondary N) is 1. The van der Waals surface area contributed by atoms with E-state index in [0.717, 1.165) is 105 Å². The maximum Gasteiger partial charge on any atom is 0.246 e. The van der Waals surface area contributed by atoms with Crippen LogP contribution in [0.25, 0.3) is 0 Å². The predicted molar refractivity (Wildman–Crippen MR) is 146 cm³/mol. The molecule has 2 aromatic rings. The van der Waals surface area contributed by atoms with E-state index in [0.29, 0.717) is 12.6 Å². The quantitative estimate of drug-likeness (QED) is 0.612. The second-order valence-electron chi connectivity index (χ2n) is 10.6.